The second-order valence-corrected chi connectivity index (χ2v) is 7.37. The lowest BCUT2D eigenvalue weighted by atomic mass is 9.97. The molecular weight excluding hydrogens is 336 g/mol. The fourth-order valence-corrected chi connectivity index (χ4v) is 3.73. The monoisotopic (exact) mass is 366 g/mol. The number of urea groups is 1. The Morgan fingerprint density at radius 2 is 2.12 bits per heavy atom. The molecule has 7 heteroatoms. The van der Waals surface area contributed by atoms with Gasteiger partial charge in [0.2, 0.25) is 5.91 Å². The van der Waals surface area contributed by atoms with Gasteiger partial charge in [-0.05, 0) is 37.4 Å². The summed E-state index contributed by atoms with van der Waals surface area (Å²) in [6, 6.07) is 3.91. The van der Waals surface area contributed by atoms with Crippen LogP contribution < -0.4 is 10.6 Å². The van der Waals surface area contributed by atoms with E-state index in [-0.39, 0.29) is 17.9 Å². The summed E-state index contributed by atoms with van der Waals surface area (Å²) in [6.07, 6.45) is 1.73. The van der Waals surface area contributed by atoms with E-state index in [0.29, 0.717) is 19.6 Å². The van der Waals surface area contributed by atoms with Crippen molar-refractivity contribution in [1.29, 1.82) is 0 Å². The molecule has 1 aromatic heterocycles. The van der Waals surface area contributed by atoms with Gasteiger partial charge >= 0.3 is 6.03 Å². The van der Waals surface area contributed by atoms with Crippen molar-refractivity contribution < 1.29 is 9.59 Å². The van der Waals surface area contributed by atoms with Crippen LogP contribution in [0, 0.1) is 5.92 Å². The van der Waals surface area contributed by atoms with E-state index in [1.165, 1.54) is 0 Å². The smallest absolute Gasteiger partial charge is 0.317 e. The first-order valence-electron chi connectivity index (χ1n) is 9.19. The minimum Gasteiger partial charge on any atom is -0.355 e. The second-order valence-electron chi connectivity index (χ2n) is 6.34. The molecule has 2 heterocycles. The van der Waals surface area contributed by atoms with Gasteiger partial charge in [0.1, 0.15) is 0 Å². The number of rotatable bonds is 8. The van der Waals surface area contributed by atoms with Crippen molar-refractivity contribution in [2.45, 2.75) is 33.2 Å². The van der Waals surface area contributed by atoms with Gasteiger partial charge in [0, 0.05) is 31.1 Å². The fraction of sp³-hybridized carbons (Fsp3) is 0.667. The highest BCUT2D eigenvalue weighted by molar-refractivity contribution is 7.09. The summed E-state index contributed by atoms with van der Waals surface area (Å²) in [7, 11) is 0. The Morgan fingerprint density at radius 3 is 2.80 bits per heavy atom. The SMILES string of the molecule is CCN(CC)CCNC(=O)C1CCCN(C(=O)NCc2cccs2)C1. The molecule has 1 fully saturated rings. The molecule has 0 saturated carbocycles. The summed E-state index contributed by atoms with van der Waals surface area (Å²) in [4.78, 5) is 29.9. The first-order chi connectivity index (χ1) is 12.1. The maximum absolute atomic E-state index is 12.4. The molecule has 0 spiro atoms. The molecule has 0 radical (unpaired) electrons. The predicted octanol–water partition coefficient (Wildman–Crippen LogP) is 2.13. The summed E-state index contributed by atoms with van der Waals surface area (Å²) in [5.41, 5.74) is 0. The largest absolute Gasteiger partial charge is 0.355 e. The van der Waals surface area contributed by atoms with Crippen molar-refractivity contribution in [3.05, 3.63) is 22.4 Å². The van der Waals surface area contributed by atoms with E-state index in [1.807, 2.05) is 17.5 Å². The van der Waals surface area contributed by atoms with Gasteiger partial charge in [0.15, 0.2) is 0 Å². The van der Waals surface area contributed by atoms with Crippen LogP contribution in [0.4, 0.5) is 4.79 Å². The number of carbonyl (C=O) groups is 2. The Bertz CT molecular complexity index is 531. The number of amides is 3. The van der Waals surface area contributed by atoms with Crippen LogP contribution >= 0.6 is 11.3 Å². The number of piperidine rings is 1. The molecular formula is C18H30N4O2S. The lowest BCUT2D eigenvalue weighted by molar-refractivity contribution is -0.126. The summed E-state index contributed by atoms with van der Waals surface area (Å²) in [5.74, 6) is -0.0270. The molecule has 2 N–H and O–H groups in total. The number of hydrogen-bond donors (Lipinski definition) is 2. The number of likely N-dealkylation sites (N-methyl/N-ethyl adjacent to an activating group) is 1. The minimum atomic E-state index is -0.0991. The number of carbonyl (C=O) groups excluding carboxylic acids is 2. The van der Waals surface area contributed by atoms with Gasteiger partial charge in [0.25, 0.3) is 0 Å². The third-order valence-electron chi connectivity index (χ3n) is 4.70. The number of nitrogens with zero attached hydrogens (tertiary/aromatic N) is 2. The molecule has 1 aliphatic heterocycles. The van der Waals surface area contributed by atoms with E-state index >= 15 is 0 Å². The standard InChI is InChI=1S/C18H30N4O2S/c1-3-21(4-2)11-9-19-17(23)15-7-5-10-22(14-15)18(24)20-13-16-8-6-12-25-16/h6,8,12,15H,3-5,7,9-11,13-14H2,1-2H3,(H,19,23)(H,20,24). The van der Waals surface area contributed by atoms with Crippen LogP contribution in [0.5, 0.6) is 0 Å². The molecule has 2 rings (SSSR count). The van der Waals surface area contributed by atoms with E-state index in [2.05, 4.69) is 29.4 Å². The summed E-state index contributed by atoms with van der Waals surface area (Å²) in [6.45, 7) is 9.55. The average molecular weight is 367 g/mol. The molecule has 1 atom stereocenters. The molecule has 1 saturated heterocycles. The van der Waals surface area contributed by atoms with Gasteiger partial charge in [-0.25, -0.2) is 4.79 Å². The predicted molar refractivity (Wildman–Crippen MR) is 102 cm³/mol. The van der Waals surface area contributed by atoms with Gasteiger partial charge in [-0.3, -0.25) is 4.79 Å². The molecule has 1 aromatic rings. The molecule has 140 valence electrons. The minimum absolute atomic E-state index is 0.0721. The van der Waals surface area contributed by atoms with Crippen molar-refractivity contribution in [2.75, 3.05) is 39.3 Å². The lowest BCUT2D eigenvalue weighted by Gasteiger charge is -2.32. The lowest BCUT2D eigenvalue weighted by Crippen LogP contribution is -2.49. The Hall–Kier alpha value is -1.60. The van der Waals surface area contributed by atoms with Crippen LogP contribution in [0.25, 0.3) is 0 Å². The van der Waals surface area contributed by atoms with Crippen LogP contribution in [-0.4, -0.2) is 61.0 Å². The fourth-order valence-electron chi connectivity index (χ4n) is 3.08. The Balaban J connectivity index is 1.73. The molecule has 0 aromatic carbocycles. The first kappa shape index (κ1) is 19.7. The normalized spacial score (nSPS) is 17.6. The highest BCUT2D eigenvalue weighted by Gasteiger charge is 2.28. The van der Waals surface area contributed by atoms with Gasteiger partial charge in [-0.1, -0.05) is 19.9 Å². The molecule has 0 aliphatic carbocycles. The third-order valence-corrected chi connectivity index (χ3v) is 5.57. The number of thiophene rings is 1. The summed E-state index contributed by atoms with van der Waals surface area (Å²) >= 11 is 1.63. The van der Waals surface area contributed by atoms with Gasteiger partial charge < -0.3 is 20.4 Å². The van der Waals surface area contributed by atoms with Gasteiger partial charge in [-0.2, -0.15) is 0 Å². The Kier molecular flexibility index (Phi) is 8.21. The maximum Gasteiger partial charge on any atom is 0.317 e. The van der Waals surface area contributed by atoms with E-state index < -0.39 is 0 Å². The first-order valence-corrected chi connectivity index (χ1v) is 10.1. The molecule has 25 heavy (non-hydrogen) atoms. The van der Waals surface area contributed by atoms with Crippen LogP contribution in [-0.2, 0) is 11.3 Å². The second kappa shape index (κ2) is 10.4. The summed E-state index contributed by atoms with van der Waals surface area (Å²) in [5, 5.41) is 7.98. The van der Waals surface area contributed by atoms with E-state index in [9.17, 15) is 9.59 Å². The molecule has 3 amide bonds. The average Bonchev–Trinajstić information content (AvgIpc) is 3.17. The zero-order valence-electron chi connectivity index (χ0n) is 15.3. The van der Waals surface area contributed by atoms with Crippen LogP contribution in [0.15, 0.2) is 17.5 Å². The Morgan fingerprint density at radius 1 is 1.32 bits per heavy atom. The number of likely N-dealkylation sites (tertiary alicyclic amines) is 1. The van der Waals surface area contributed by atoms with Crippen molar-refractivity contribution in [1.82, 2.24) is 20.4 Å². The zero-order chi connectivity index (χ0) is 18.1. The summed E-state index contributed by atoms with van der Waals surface area (Å²) < 4.78 is 0. The Labute approximate surface area is 154 Å². The van der Waals surface area contributed by atoms with Gasteiger partial charge in [0.05, 0.1) is 12.5 Å². The van der Waals surface area contributed by atoms with Crippen LogP contribution in [0.3, 0.4) is 0 Å². The van der Waals surface area contributed by atoms with Crippen LogP contribution in [0.2, 0.25) is 0 Å². The van der Waals surface area contributed by atoms with E-state index in [0.717, 1.165) is 43.9 Å². The quantitative estimate of drug-likeness (QED) is 0.741. The number of nitrogens with one attached hydrogen (secondary N) is 2. The molecule has 0 bridgehead atoms. The van der Waals surface area contributed by atoms with Gasteiger partial charge in [-0.15, -0.1) is 11.3 Å². The zero-order valence-corrected chi connectivity index (χ0v) is 16.1. The van der Waals surface area contributed by atoms with Crippen molar-refractivity contribution in [3.8, 4) is 0 Å². The topological polar surface area (TPSA) is 64.7 Å². The van der Waals surface area contributed by atoms with E-state index in [4.69, 9.17) is 0 Å². The van der Waals surface area contributed by atoms with Crippen LogP contribution in [0.1, 0.15) is 31.6 Å². The third kappa shape index (κ3) is 6.32. The molecule has 1 unspecified atom stereocenters. The van der Waals surface area contributed by atoms with E-state index in [1.54, 1.807) is 16.2 Å². The highest BCUT2D eigenvalue weighted by Crippen LogP contribution is 2.17. The van der Waals surface area contributed by atoms with Crippen molar-refractivity contribution in [3.63, 3.8) is 0 Å². The maximum atomic E-state index is 12.4. The molecule has 6 nitrogen and oxygen atoms in total. The number of hydrogen-bond acceptors (Lipinski definition) is 4. The molecule has 1 aliphatic rings. The van der Waals surface area contributed by atoms with Crippen molar-refractivity contribution in [2.24, 2.45) is 5.92 Å². The highest BCUT2D eigenvalue weighted by atomic mass is 32.1. The van der Waals surface area contributed by atoms with Crippen molar-refractivity contribution >= 4 is 23.3 Å².